The van der Waals surface area contributed by atoms with Gasteiger partial charge in [0.15, 0.2) is 0 Å². The summed E-state index contributed by atoms with van der Waals surface area (Å²) in [4.78, 5) is 0. The second-order valence-corrected chi connectivity index (χ2v) is 6.40. The van der Waals surface area contributed by atoms with Crippen LogP contribution in [-0.2, 0) is 9.47 Å². The predicted octanol–water partition coefficient (Wildman–Crippen LogP) is 2.09. The molecular weight excluding hydrogens is 202 g/mol. The fourth-order valence-electron chi connectivity index (χ4n) is 3.37. The molecule has 0 amide bonds. The van der Waals surface area contributed by atoms with Crippen molar-refractivity contribution in [1.29, 1.82) is 0 Å². The van der Waals surface area contributed by atoms with Gasteiger partial charge in [-0.3, -0.25) is 0 Å². The van der Waals surface area contributed by atoms with Crippen molar-refractivity contribution >= 4 is 0 Å². The summed E-state index contributed by atoms with van der Waals surface area (Å²) < 4.78 is 11.8. The van der Waals surface area contributed by atoms with Gasteiger partial charge in [-0.2, -0.15) is 0 Å². The molecule has 0 radical (unpaired) electrons. The van der Waals surface area contributed by atoms with Crippen molar-refractivity contribution < 1.29 is 9.47 Å². The highest BCUT2D eigenvalue weighted by Gasteiger charge is 2.50. The Morgan fingerprint density at radius 1 is 1.25 bits per heavy atom. The number of hydrogen-bond acceptors (Lipinski definition) is 3. The zero-order valence-corrected chi connectivity index (χ0v) is 11.0. The molecule has 2 aliphatic rings. The summed E-state index contributed by atoms with van der Waals surface area (Å²) in [5.74, 6) is 0.394. The molecule has 3 nitrogen and oxygen atoms in total. The van der Waals surface area contributed by atoms with Gasteiger partial charge in [-0.1, -0.05) is 0 Å². The Kier molecular flexibility index (Phi) is 3.06. The van der Waals surface area contributed by atoms with E-state index in [-0.39, 0.29) is 23.3 Å². The van der Waals surface area contributed by atoms with Gasteiger partial charge in [-0.15, -0.1) is 0 Å². The van der Waals surface area contributed by atoms with E-state index in [1.807, 2.05) is 0 Å². The molecule has 3 atom stereocenters. The predicted molar refractivity (Wildman–Crippen MR) is 64.3 cm³/mol. The molecule has 0 aromatic carbocycles. The van der Waals surface area contributed by atoms with Crippen LogP contribution in [0.1, 0.15) is 47.0 Å². The van der Waals surface area contributed by atoms with Crippen LogP contribution in [0.4, 0.5) is 0 Å². The standard InChI is InChI=1S/C13H25NO2/c1-12(2)8-9(13(3,4)16-12)11(14)10-6-5-7-15-10/h9-11H,5-8,14H2,1-4H3. The van der Waals surface area contributed by atoms with Crippen LogP contribution in [0, 0.1) is 5.92 Å². The van der Waals surface area contributed by atoms with Crippen LogP contribution in [0.25, 0.3) is 0 Å². The second kappa shape index (κ2) is 3.97. The molecule has 0 bridgehead atoms. The normalized spacial score (nSPS) is 38.8. The van der Waals surface area contributed by atoms with Gasteiger partial charge in [0.25, 0.3) is 0 Å². The molecular formula is C13H25NO2. The summed E-state index contributed by atoms with van der Waals surface area (Å²) in [5, 5.41) is 0. The fraction of sp³-hybridized carbons (Fsp3) is 1.00. The summed E-state index contributed by atoms with van der Waals surface area (Å²) in [7, 11) is 0. The molecule has 2 heterocycles. The lowest BCUT2D eigenvalue weighted by molar-refractivity contribution is -0.0812. The highest BCUT2D eigenvalue weighted by atomic mass is 16.5. The monoisotopic (exact) mass is 227 g/mol. The SMILES string of the molecule is CC1(C)CC(C(N)C2CCCO2)C(C)(C)O1. The van der Waals surface area contributed by atoms with Crippen LogP contribution in [0.3, 0.4) is 0 Å². The Morgan fingerprint density at radius 3 is 2.38 bits per heavy atom. The third-order valence-corrected chi connectivity index (χ3v) is 4.00. The molecule has 94 valence electrons. The van der Waals surface area contributed by atoms with E-state index >= 15 is 0 Å². The number of hydrogen-bond donors (Lipinski definition) is 1. The van der Waals surface area contributed by atoms with Crippen molar-refractivity contribution in [3.8, 4) is 0 Å². The topological polar surface area (TPSA) is 44.5 Å². The molecule has 2 saturated heterocycles. The van der Waals surface area contributed by atoms with Gasteiger partial charge in [0.2, 0.25) is 0 Å². The van der Waals surface area contributed by atoms with Crippen LogP contribution in [-0.4, -0.2) is 30.0 Å². The van der Waals surface area contributed by atoms with Crippen molar-refractivity contribution in [2.75, 3.05) is 6.61 Å². The third kappa shape index (κ3) is 2.27. The van der Waals surface area contributed by atoms with E-state index in [1.54, 1.807) is 0 Å². The van der Waals surface area contributed by atoms with Gasteiger partial charge in [0, 0.05) is 18.6 Å². The van der Waals surface area contributed by atoms with Gasteiger partial charge < -0.3 is 15.2 Å². The van der Waals surface area contributed by atoms with Crippen LogP contribution in [0.15, 0.2) is 0 Å². The van der Waals surface area contributed by atoms with Crippen molar-refractivity contribution in [2.24, 2.45) is 11.7 Å². The van der Waals surface area contributed by atoms with E-state index in [2.05, 4.69) is 27.7 Å². The molecule has 2 fully saturated rings. The van der Waals surface area contributed by atoms with E-state index < -0.39 is 0 Å². The first-order valence-electron chi connectivity index (χ1n) is 6.39. The Balaban J connectivity index is 2.08. The lowest BCUT2D eigenvalue weighted by Crippen LogP contribution is -2.47. The molecule has 0 aromatic rings. The average molecular weight is 227 g/mol. The van der Waals surface area contributed by atoms with Gasteiger partial charge in [-0.05, 0) is 47.0 Å². The molecule has 3 unspecified atom stereocenters. The maximum atomic E-state index is 6.38. The third-order valence-electron chi connectivity index (χ3n) is 4.00. The molecule has 0 saturated carbocycles. The second-order valence-electron chi connectivity index (χ2n) is 6.40. The Bertz CT molecular complexity index is 257. The largest absolute Gasteiger partial charge is 0.377 e. The lowest BCUT2D eigenvalue weighted by Gasteiger charge is -2.33. The van der Waals surface area contributed by atoms with E-state index in [0.717, 1.165) is 25.9 Å². The summed E-state index contributed by atoms with van der Waals surface area (Å²) in [6, 6.07) is 0.110. The number of ether oxygens (including phenoxy) is 2. The Labute approximate surface area is 98.7 Å². The van der Waals surface area contributed by atoms with Crippen molar-refractivity contribution in [2.45, 2.75) is 70.3 Å². The van der Waals surface area contributed by atoms with Gasteiger partial charge in [0.05, 0.1) is 17.3 Å². The van der Waals surface area contributed by atoms with Crippen molar-refractivity contribution in [3.63, 3.8) is 0 Å². The summed E-state index contributed by atoms with van der Waals surface area (Å²) in [6.45, 7) is 9.48. The van der Waals surface area contributed by atoms with E-state index in [4.69, 9.17) is 15.2 Å². The molecule has 16 heavy (non-hydrogen) atoms. The molecule has 0 aliphatic carbocycles. The fourth-order valence-corrected chi connectivity index (χ4v) is 3.37. The van der Waals surface area contributed by atoms with E-state index in [1.165, 1.54) is 0 Å². The quantitative estimate of drug-likeness (QED) is 0.785. The van der Waals surface area contributed by atoms with Gasteiger partial charge >= 0.3 is 0 Å². The molecule has 2 aliphatic heterocycles. The van der Waals surface area contributed by atoms with E-state index in [0.29, 0.717) is 5.92 Å². The lowest BCUT2D eigenvalue weighted by atomic mass is 9.79. The zero-order valence-electron chi connectivity index (χ0n) is 11.0. The maximum absolute atomic E-state index is 6.38. The molecule has 3 heteroatoms. The minimum atomic E-state index is -0.130. The molecule has 0 aromatic heterocycles. The first-order valence-corrected chi connectivity index (χ1v) is 6.39. The van der Waals surface area contributed by atoms with Crippen molar-refractivity contribution in [3.05, 3.63) is 0 Å². The van der Waals surface area contributed by atoms with Gasteiger partial charge in [0.1, 0.15) is 0 Å². The molecule has 2 rings (SSSR count). The van der Waals surface area contributed by atoms with Crippen LogP contribution in [0.5, 0.6) is 0 Å². The Morgan fingerprint density at radius 2 is 1.94 bits per heavy atom. The average Bonchev–Trinajstić information content (AvgIpc) is 2.69. The first kappa shape index (κ1) is 12.3. The number of nitrogens with two attached hydrogens (primary N) is 1. The minimum absolute atomic E-state index is 0.0512. The molecule has 2 N–H and O–H groups in total. The summed E-state index contributed by atoms with van der Waals surface area (Å²) in [5.41, 5.74) is 6.19. The van der Waals surface area contributed by atoms with Crippen LogP contribution >= 0.6 is 0 Å². The first-order chi connectivity index (χ1) is 7.32. The zero-order chi connectivity index (χ0) is 12.0. The smallest absolute Gasteiger partial charge is 0.0730 e. The van der Waals surface area contributed by atoms with Crippen molar-refractivity contribution in [1.82, 2.24) is 0 Å². The highest BCUT2D eigenvalue weighted by molar-refractivity contribution is 5.01. The number of rotatable bonds is 2. The summed E-state index contributed by atoms with van der Waals surface area (Å²) in [6.07, 6.45) is 3.52. The van der Waals surface area contributed by atoms with Gasteiger partial charge in [-0.25, -0.2) is 0 Å². The van der Waals surface area contributed by atoms with Crippen LogP contribution in [0.2, 0.25) is 0 Å². The summed E-state index contributed by atoms with van der Waals surface area (Å²) >= 11 is 0. The highest BCUT2D eigenvalue weighted by Crippen LogP contribution is 2.44. The molecule has 0 spiro atoms. The minimum Gasteiger partial charge on any atom is -0.377 e. The maximum Gasteiger partial charge on any atom is 0.0730 e. The Hall–Kier alpha value is -0.120. The van der Waals surface area contributed by atoms with Crippen LogP contribution < -0.4 is 5.73 Å². The van der Waals surface area contributed by atoms with E-state index in [9.17, 15) is 0 Å².